The highest BCUT2D eigenvalue weighted by Gasteiger charge is 2.61. The van der Waals surface area contributed by atoms with Crippen LogP contribution in [0.2, 0.25) is 0 Å². The fourth-order valence-corrected chi connectivity index (χ4v) is 9.99. The Morgan fingerprint density at radius 1 is 0.619 bits per heavy atom. The quantitative estimate of drug-likeness (QED) is 0.305. The number of hydrogen-bond donors (Lipinski definition) is 4. The van der Waals surface area contributed by atoms with E-state index in [0.717, 1.165) is 0 Å². The van der Waals surface area contributed by atoms with Gasteiger partial charge in [-0.2, -0.15) is 0 Å². The molecule has 3 rings (SSSR count). The van der Waals surface area contributed by atoms with Gasteiger partial charge in [-0.15, -0.1) is 23.5 Å². The largest absolute Gasteiger partial charge is 0.394 e. The average Bonchev–Trinajstić information content (AvgIpc) is 3.09. The Balaban J connectivity index is 2.41. The number of fused-ring (bicyclic) bond motifs is 1. The molecular weight excluding hydrogens is 569 g/mol. The van der Waals surface area contributed by atoms with Crippen molar-refractivity contribution >= 4 is 35.1 Å². The lowest BCUT2D eigenvalue weighted by Gasteiger charge is -2.46. The molecule has 2 aliphatic carbocycles. The molecule has 8 heteroatoms. The SMILES string of the molecule is CC(C)(C)C1=CC2(C=C(C(C)(C)C)C1=O)SC(CC(O)C(O)C(O)CO)SC21C=C(C(C)(C)C)C(=O)C(C(C)(C)C)=C1. The van der Waals surface area contributed by atoms with Crippen molar-refractivity contribution < 1.29 is 30.0 Å². The van der Waals surface area contributed by atoms with Crippen LogP contribution in [0.3, 0.4) is 0 Å². The molecule has 0 radical (unpaired) electrons. The van der Waals surface area contributed by atoms with Gasteiger partial charge in [-0.25, -0.2) is 0 Å². The maximum atomic E-state index is 14.0. The lowest BCUT2D eigenvalue weighted by atomic mass is 9.65. The molecule has 2 spiro atoms. The van der Waals surface area contributed by atoms with Crippen LogP contribution in [0.4, 0.5) is 0 Å². The van der Waals surface area contributed by atoms with Gasteiger partial charge in [0.2, 0.25) is 0 Å². The predicted octanol–water partition coefficient (Wildman–Crippen LogP) is 5.79. The van der Waals surface area contributed by atoms with E-state index in [2.05, 4.69) is 24.3 Å². The highest BCUT2D eigenvalue weighted by atomic mass is 32.2. The molecule has 0 aromatic carbocycles. The number of rotatable bonds is 5. The number of thioether (sulfide) groups is 2. The Hall–Kier alpha value is -1.16. The zero-order valence-corrected chi connectivity index (χ0v) is 29.1. The molecule has 3 unspecified atom stereocenters. The number of Topliss-reactive ketones (excluding diaryl/α,β-unsaturated/α-hetero) is 2. The van der Waals surface area contributed by atoms with Crippen molar-refractivity contribution in [3.63, 3.8) is 0 Å². The summed E-state index contributed by atoms with van der Waals surface area (Å²) in [4.78, 5) is 28.0. The molecular formula is C34H52O6S2. The number of aliphatic hydroxyl groups excluding tert-OH is 4. The van der Waals surface area contributed by atoms with Crippen molar-refractivity contribution in [2.24, 2.45) is 21.7 Å². The van der Waals surface area contributed by atoms with E-state index in [9.17, 15) is 30.0 Å². The van der Waals surface area contributed by atoms with E-state index in [1.807, 2.05) is 83.1 Å². The summed E-state index contributed by atoms with van der Waals surface area (Å²) in [6, 6.07) is 0. The minimum Gasteiger partial charge on any atom is -0.394 e. The van der Waals surface area contributed by atoms with E-state index >= 15 is 0 Å². The van der Waals surface area contributed by atoms with Crippen LogP contribution in [0.1, 0.15) is 89.5 Å². The zero-order valence-electron chi connectivity index (χ0n) is 27.5. The molecule has 4 N–H and O–H groups in total. The molecule has 236 valence electrons. The molecule has 1 heterocycles. The van der Waals surface area contributed by atoms with Crippen LogP contribution in [-0.2, 0) is 9.59 Å². The van der Waals surface area contributed by atoms with Crippen LogP contribution in [0.25, 0.3) is 0 Å². The van der Waals surface area contributed by atoms with Crippen molar-refractivity contribution in [2.75, 3.05) is 6.61 Å². The maximum absolute atomic E-state index is 14.0. The van der Waals surface area contributed by atoms with Crippen molar-refractivity contribution in [1.29, 1.82) is 0 Å². The monoisotopic (exact) mass is 620 g/mol. The van der Waals surface area contributed by atoms with Gasteiger partial charge < -0.3 is 20.4 Å². The zero-order chi connectivity index (χ0) is 32.4. The predicted molar refractivity (Wildman–Crippen MR) is 174 cm³/mol. The van der Waals surface area contributed by atoms with Crippen LogP contribution in [0, 0.1) is 21.7 Å². The lowest BCUT2D eigenvalue weighted by Crippen LogP contribution is -2.48. The van der Waals surface area contributed by atoms with Gasteiger partial charge in [0.25, 0.3) is 0 Å². The summed E-state index contributed by atoms with van der Waals surface area (Å²) in [5.74, 6) is 0.0524. The molecule has 0 bridgehead atoms. The Bertz CT molecular complexity index is 1070. The van der Waals surface area contributed by atoms with E-state index in [0.29, 0.717) is 22.3 Å². The number of carbonyl (C=O) groups is 2. The fourth-order valence-electron chi connectivity index (χ4n) is 5.75. The molecule has 6 nitrogen and oxygen atoms in total. The first-order chi connectivity index (χ1) is 18.8. The van der Waals surface area contributed by atoms with Crippen LogP contribution in [-0.4, -0.2) is 71.0 Å². The lowest BCUT2D eigenvalue weighted by molar-refractivity contribution is -0.115. The van der Waals surface area contributed by atoms with Gasteiger partial charge in [0.05, 0.1) is 26.8 Å². The summed E-state index contributed by atoms with van der Waals surface area (Å²) in [5.41, 5.74) is 1.08. The van der Waals surface area contributed by atoms with Gasteiger partial charge in [0.15, 0.2) is 11.6 Å². The summed E-state index contributed by atoms with van der Waals surface area (Å²) in [6.07, 6.45) is 4.26. The first kappa shape index (κ1) is 35.3. The van der Waals surface area contributed by atoms with Crippen molar-refractivity contribution in [3.05, 3.63) is 46.6 Å². The van der Waals surface area contributed by atoms with Crippen molar-refractivity contribution in [1.82, 2.24) is 0 Å². The van der Waals surface area contributed by atoms with E-state index < -0.39 is 56.1 Å². The van der Waals surface area contributed by atoms with E-state index in [1.165, 1.54) is 0 Å². The minimum atomic E-state index is -1.51. The Kier molecular flexibility index (Phi) is 9.53. The molecule has 1 fully saturated rings. The second-order valence-electron chi connectivity index (χ2n) is 16.2. The number of aliphatic hydroxyl groups is 4. The second kappa shape index (κ2) is 11.3. The van der Waals surface area contributed by atoms with Crippen molar-refractivity contribution in [3.8, 4) is 0 Å². The molecule has 0 saturated carbocycles. The van der Waals surface area contributed by atoms with E-state index in [-0.39, 0.29) is 22.6 Å². The third kappa shape index (κ3) is 6.59. The Labute approximate surface area is 261 Å². The third-order valence-electron chi connectivity index (χ3n) is 8.32. The molecule has 3 atom stereocenters. The first-order valence-corrected chi connectivity index (χ1v) is 16.6. The van der Waals surface area contributed by atoms with Gasteiger partial charge in [-0.1, -0.05) is 107 Å². The number of carbonyl (C=O) groups excluding carboxylic acids is 2. The van der Waals surface area contributed by atoms with Gasteiger partial charge in [-0.3, -0.25) is 9.59 Å². The summed E-state index contributed by atoms with van der Waals surface area (Å²) in [7, 11) is 0. The molecule has 0 aromatic rings. The number of hydrogen-bond acceptors (Lipinski definition) is 8. The topological polar surface area (TPSA) is 115 Å². The highest BCUT2D eigenvalue weighted by molar-refractivity contribution is 8.22. The van der Waals surface area contributed by atoms with Crippen molar-refractivity contribution in [2.45, 2.75) is 122 Å². The Morgan fingerprint density at radius 3 is 1.14 bits per heavy atom. The second-order valence-corrected chi connectivity index (χ2v) is 19.4. The standard InChI is InChI=1S/C34H52O6S2/c1-29(2,3)19-14-33(15-20(26(19)38)30(4,5)6)34(42-25(41-33)13-23(36)28(40)24(37)18-35)16-21(31(7,8)9)27(39)22(17-34)32(10,11)12/h14-17,23-25,28,35-37,40H,13,18H2,1-12H3. The Morgan fingerprint density at radius 2 is 0.905 bits per heavy atom. The summed E-state index contributed by atoms with van der Waals surface area (Å²) >= 11 is 3.23. The number of ketones is 2. The van der Waals surface area contributed by atoms with Gasteiger partial charge >= 0.3 is 0 Å². The van der Waals surface area contributed by atoms with Crippen LogP contribution < -0.4 is 0 Å². The average molecular weight is 621 g/mol. The third-order valence-corrected chi connectivity index (χ3v) is 11.9. The molecule has 0 aromatic heterocycles. The van der Waals surface area contributed by atoms with E-state index in [4.69, 9.17) is 0 Å². The van der Waals surface area contributed by atoms with Gasteiger partial charge in [-0.05, 0) is 28.1 Å². The normalized spacial score (nSPS) is 23.9. The summed E-state index contributed by atoms with van der Waals surface area (Å²) < 4.78 is -1.84. The first-order valence-electron chi connectivity index (χ1n) is 14.8. The molecule has 3 aliphatic rings. The summed E-state index contributed by atoms with van der Waals surface area (Å²) in [5, 5.41) is 40.8. The fraction of sp³-hybridized carbons (Fsp3) is 0.706. The van der Waals surface area contributed by atoms with Crippen LogP contribution in [0.15, 0.2) is 46.6 Å². The van der Waals surface area contributed by atoms with Gasteiger partial charge in [0.1, 0.15) is 12.2 Å². The van der Waals surface area contributed by atoms with Crippen LogP contribution in [0.5, 0.6) is 0 Å². The van der Waals surface area contributed by atoms with E-state index in [1.54, 1.807) is 23.5 Å². The molecule has 0 amide bonds. The molecule has 1 aliphatic heterocycles. The maximum Gasteiger partial charge on any atom is 0.185 e. The molecule has 1 saturated heterocycles. The molecule has 42 heavy (non-hydrogen) atoms. The smallest absolute Gasteiger partial charge is 0.185 e. The van der Waals surface area contributed by atoms with Gasteiger partial charge in [0, 0.05) is 22.3 Å². The highest BCUT2D eigenvalue weighted by Crippen LogP contribution is 2.67. The number of allylic oxidation sites excluding steroid dienone is 4. The van der Waals surface area contributed by atoms with Crippen LogP contribution >= 0.6 is 23.5 Å². The summed E-state index contributed by atoms with van der Waals surface area (Å²) in [6.45, 7) is 23.8. The minimum absolute atomic E-state index is 0.0262.